The first-order chi connectivity index (χ1) is 12.8. The molecule has 2 aromatic rings. The number of carbonyl (C=O) groups is 2. The fraction of sp³-hybridized carbons (Fsp3) is 0.391. The van der Waals surface area contributed by atoms with Crippen LogP contribution in [0.5, 0.6) is 0 Å². The Morgan fingerprint density at radius 2 is 1.59 bits per heavy atom. The summed E-state index contributed by atoms with van der Waals surface area (Å²) in [5, 5.41) is 2.95. The van der Waals surface area contributed by atoms with Gasteiger partial charge in [0.15, 0.2) is 0 Å². The predicted molar refractivity (Wildman–Crippen MR) is 110 cm³/mol. The van der Waals surface area contributed by atoms with Crippen molar-refractivity contribution >= 4 is 23.2 Å². The van der Waals surface area contributed by atoms with Gasteiger partial charge in [-0.15, -0.1) is 0 Å². The Morgan fingerprint density at radius 3 is 2.07 bits per heavy atom. The lowest BCUT2D eigenvalue weighted by Crippen LogP contribution is -2.43. The van der Waals surface area contributed by atoms with E-state index < -0.39 is 5.41 Å². The first-order valence-electron chi connectivity index (χ1n) is 9.57. The van der Waals surface area contributed by atoms with Gasteiger partial charge in [-0.25, -0.2) is 0 Å². The van der Waals surface area contributed by atoms with Crippen LogP contribution in [0.3, 0.4) is 0 Å². The number of carbonyl (C=O) groups excluding carboxylic acids is 2. The predicted octanol–water partition coefficient (Wildman–Crippen LogP) is 4.76. The van der Waals surface area contributed by atoms with Crippen LogP contribution in [0.15, 0.2) is 54.6 Å². The largest absolute Gasteiger partial charge is 0.325 e. The molecule has 27 heavy (non-hydrogen) atoms. The molecule has 1 aliphatic rings. The van der Waals surface area contributed by atoms with E-state index >= 15 is 0 Å². The van der Waals surface area contributed by atoms with Crippen LogP contribution in [0.25, 0.3) is 0 Å². The fourth-order valence-electron chi connectivity index (χ4n) is 3.28. The van der Waals surface area contributed by atoms with Crippen LogP contribution in [-0.4, -0.2) is 18.4 Å². The molecule has 0 heterocycles. The van der Waals surface area contributed by atoms with Gasteiger partial charge in [0.05, 0.1) is 0 Å². The van der Waals surface area contributed by atoms with Gasteiger partial charge < -0.3 is 10.2 Å². The van der Waals surface area contributed by atoms with E-state index in [1.807, 2.05) is 61.5 Å². The maximum Gasteiger partial charge on any atom is 0.242 e. The molecular weight excluding hydrogens is 336 g/mol. The molecule has 1 fully saturated rings. The van der Waals surface area contributed by atoms with Crippen molar-refractivity contribution in [2.75, 3.05) is 16.8 Å². The maximum atomic E-state index is 13.1. The number of amides is 2. The Kier molecular flexibility index (Phi) is 5.09. The zero-order chi connectivity index (χ0) is 19.7. The van der Waals surface area contributed by atoms with Crippen LogP contribution < -0.4 is 10.2 Å². The summed E-state index contributed by atoms with van der Waals surface area (Å²) in [6, 6.07) is 17.4. The minimum Gasteiger partial charge on any atom is -0.325 e. The maximum absolute atomic E-state index is 13.1. The average molecular weight is 364 g/mol. The minimum absolute atomic E-state index is 0.0630. The van der Waals surface area contributed by atoms with Crippen molar-refractivity contribution < 1.29 is 9.59 Å². The summed E-state index contributed by atoms with van der Waals surface area (Å²) >= 11 is 0. The van der Waals surface area contributed by atoms with Crippen molar-refractivity contribution in [2.24, 2.45) is 5.41 Å². The molecule has 0 saturated heterocycles. The Balaban J connectivity index is 1.75. The van der Waals surface area contributed by atoms with Gasteiger partial charge >= 0.3 is 0 Å². The molecule has 0 unspecified atom stereocenters. The number of para-hydroxylation sites is 1. The van der Waals surface area contributed by atoms with Gasteiger partial charge in [0, 0.05) is 17.9 Å². The first kappa shape index (κ1) is 19.2. The van der Waals surface area contributed by atoms with E-state index in [0.717, 1.165) is 11.4 Å². The third-order valence-electron chi connectivity index (χ3n) is 5.23. The second kappa shape index (κ2) is 7.18. The Morgan fingerprint density at radius 1 is 1.00 bits per heavy atom. The van der Waals surface area contributed by atoms with Crippen LogP contribution >= 0.6 is 0 Å². The van der Waals surface area contributed by atoms with E-state index in [1.165, 1.54) is 5.56 Å². The molecule has 2 amide bonds. The molecular formula is C23H28N2O2. The minimum atomic E-state index is -0.936. The zero-order valence-corrected chi connectivity index (χ0v) is 16.6. The molecule has 142 valence electrons. The molecule has 3 rings (SSSR count). The average Bonchev–Trinajstić information content (AvgIpc) is 3.45. The lowest BCUT2D eigenvalue weighted by atomic mass is 9.87. The fourth-order valence-corrected chi connectivity index (χ4v) is 3.28. The molecule has 0 bridgehead atoms. The van der Waals surface area contributed by atoms with E-state index in [0.29, 0.717) is 19.4 Å². The van der Waals surface area contributed by atoms with Gasteiger partial charge in [0.25, 0.3) is 0 Å². The second-order valence-electron chi connectivity index (χ2n) is 8.25. The number of benzene rings is 2. The molecule has 4 nitrogen and oxygen atoms in total. The number of hydrogen-bond acceptors (Lipinski definition) is 2. The molecule has 2 aromatic carbocycles. The van der Waals surface area contributed by atoms with Crippen LogP contribution in [-0.2, 0) is 15.0 Å². The van der Waals surface area contributed by atoms with Gasteiger partial charge in [-0.1, -0.05) is 51.1 Å². The highest BCUT2D eigenvalue weighted by atomic mass is 16.2. The van der Waals surface area contributed by atoms with Crippen molar-refractivity contribution in [3.8, 4) is 0 Å². The molecule has 0 aliphatic heterocycles. The normalized spacial score (nSPS) is 15.1. The van der Waals surface area contributed by atoms with E-state index in [-0.39, 0.29) is 17.2 Å². The van der Waals surface area contributed by atoms with Gasteiger partial charge in [-0.3, -0.25) is 9.59 Å². The highest BCUT2D eigenvalue weighted by Gasteiger charge is 2.58. The molecule has 1 N–H and O–H groups in total. The lowest BCUT2D eigenvalue weighted by Gasteiger charge is -2.26. The molecule has 4 heteroatoms. The van der Waals surface area contributed by atoms with E-state index in [4.69, 9.17) is 0 Å². The van der Waals surface area contributed by atoms with Gasteiger partial charge in [0.1, 0.15) is 5.41 Å². The third-order valence-corrected chi connectivity index (χ3v) is 5.23. The molecule has 0 aromatic heterocycles. The monoisotopic (exact) mass is 364 g/mol. The van der Waals surface area contributed by atoms with Crippen molar-refractivity contribution in [3.05, 3.63) is 60.2 Å². The number of anilines is 2. The highest BCUT2D eigenvalue weighted by molar-refractivity contribution is 6.17. The number of nitrogens with one attached hydrogen (secondary N) is 1. The van der Waals surface area contributed by atoms with E-state index in [9.17, 15) is 9.59 Å². The molecule has 1 saturated carbocycles. The summed E-state index contributed by atoms with van der Waals surface area (Å²) in [4.78, 5) is 27.8. The summed E-state index contributed by atoms with van der Waals surface area (Å²) in [7, 11) is 0. The lowest BCUT2D eigenvalue weighted by molar-refractivity contribution is -0.132. The Labute approximate surface area is 161 Å². The highest BCUT2D eigenvalue weighted by Crippen LogP contribution is 2.48. The van der Waals surface area contributed by atoms with Crippen molar-refractivity contribution in [1.82, 2.24) is 0 Å². The summed E-state index contributed by atoms with van der Waals surface area (Å²) < 4.78 is 0. The molecule has 0 radical (unpaired) electrons. The zero-order valence-electron chi connectivity index (χ0n) is 16.6. The molecule has 0 spiro atoms. The van der Waals surface area contributed by atoms with Crippen molar-refractivity contribution in [1.29, 1.82) is 0 Å². The Hall–Kier alpha value is -2.62. The number of rotatable bonds is 5. The Bertz CT molecular complexity index is 816. The summed E-state index contributed by atoms with van der Waals surface area (Å²) in [6.45, 7) is 8.94. The van der Waals surface area contributed by atoms with Gasteiger partial charge in [-0.05, 0) is 55.0 Å². The summed E-state index contributed by atoms with van der Waals surface area (Å²) in [5.74, 6) is -0.314. The van der Waals surface area contributed by atoms with Crippen molar-refractivity contribution in [2.45, 2.75) is 46.0 Å². The second-order valence-corrected chi connectivity index (χ2v) is 8.25. The van der Waals surface area contributed by atoms with Crippen LogP contribution in [0.1, 0.15) is 46.1 Å². The van der Waals surface area contributed by atoms with E-state index in [1.54, 1.807) is 4.90 Å². The van der Waals surface area contributed by atoms with E-state index in [2.05, 4.69) is 26.1 Å². The molecule has 1 aliphatic carbocycles. The number of hydrogen-bond donors (Lipinski definition) is 1. The molecule has 0 atom stereocenters. The standard InChI is InChI=1S/C23H28N2O2/c1-5-25(19-9-7-6-8-10-19)21(27)23(15-16-23)20(26)24-18-13-11-17(12-14-18)22(2,3)4/h6-14H,5,15-16H2,1-4H3,(H,24,26). The van der Waals surface area contributed by atoms with Crippen LogP contribution in [0.4, 0.5) is 11.4 Å². The van der Waals surface area contributed by atoms with Gasteiger partial charge in [0.2, 0.25) is 11.8 Å². The van der Waals surface area contributed by atoms with Gasteiger partial charge in [-0.2, -0.15) is 0 Å². The quantitative estimate of drug-likeness (QED) is 0.778. The first-order valence-corrected chi connectivity index (χ1v) is 9.57. The van der Waals surface area contributed by atoms with Crippen molar-refractivity contribution in [3.63, 3.8) is 0 Å². The number of nitrogens with zero attached hydrogens (tertiary/aromatic N) is 1. The summed E-state index contributed by atoms with van der Waals surface area (Å²) in [5.41, 5.74) is 1.90. The smallest absolute Gasteiger partial charge is 0.242 e. The topological polar surface area (TPSA) is 49.4 Å². The van der Waals surface area contributed by atoms with Crippen LogP contribution in [0.2, 0.25) is 0 Å². The third kappa shape index (κ3) is 3.90. The van der Waals surface area contributed by atoms with Crippen LogP contribution in [0, 0.1) is 5.41 Å². The SMILES string of the molecule is CCN(C(=O)C1(C(=O)Nc2ccc(C(C)(C)C)cc2)CC1)c1ccccc1. The summed E-state index contributed by atoms with van der Waals surface area (Å²) in [6.07, 6.45) is 1.20.